The number of nitriles is 1. The maximum atomic E-state index is 8.56. The van der Waals surface area contributed by atoms with E-state index < -0.39 is 0 Å². The number of nitrogens with zero attached hydrogens (tertiary/aromatic N) is 1. The number of aryl methyl sites for hydroxylation is 1. The minimum absolute atomic E-state index is 0.505. The molecule has 2 aromatic rings. The van der Waals surface area contributed by atoms with E-state index in [2.05, 4.69) is 30.5 Å². The van der Waals surface area contributed by atoms with E-state index in [1.807, 2.05) is 6.07 Å². The van der Waals surface area contributed by atoms with Crippen LogP contribution in [0.1, 0.15) is 11.1 Å². The van der Waals surface area contributed by atoms with Crippen LogP contribution in [0, 0.1) is 18.3 Å². The molecule has 2 heteroatoms. The Kier molecular flexibility index (Phi) is 2.03. The first-order valence-electron chi connectivity index (χ1n) is 4.15. The number of hydrogen-bond acceptors (Lipinski definition) is 2. The van der Waals surface area contributed by atoms with Crippen molar-refractivity contribution >= 4 is 21.4 Å². The van der Waals surface area contributed by atoms with Crippen molar-refractivity contribution in [3.8, 4) is 6.07 Å². The number of benzene rings is 1. The monoisotopic (exact) mass is 187 g/mol. The summed E-state index contributed by atoms with van der Waals surface area (Å²) in [7, 11) is 0. The van der Waals surface area contributed by atoms with Crippen LogP contribution in [-0.2, 0) is 6.42 Å². The highest BCUT2D eigenvalue weighted by molar-refractivity contribution is 7.17. The molecule has 0 N–H and O–H groups in total. The second-order valence-corrected chi connectivity index (χ2v) is 4.00. The maximum Gasteiger partial charge on any atom is 0.0669 e. The molecule has 1 heterocycles. The third kappa shape index (κ3) is 1.43. The predicted octanol–water partition coefficient (Wildman–Crippen LogP) is 3.28. The second kappa shape index (κ2) is 3.20. The van der Waals surface area contributed by atoms with Crippen molar-refractivity contribution in [1.82, 2.24) is 0 Å². The van der Waals surface area contributed by atoms with Gasteiger partial charge in [0.2, 0.25) is 0 Å². The highest BCUT2D eigenvalue weighted by atomic mass is 32.1. The summed E-state index contributed by atoms with van der Waals surface area (Å²) in [6, 6.07) is 8.41. The van der Waals surface area contributed by atoms with Crippen molar-refractivity contribution in [3.05, 3.63) is 34.7 Å². The van der Waals surface area contributed by atoms with Crippen molar-refractivity contribution in [3.63, 3.8) is 0 Å². The second-order valence-electron chi connectivity index (χ2n) is 3.08. The van der Waals surface area contributed by atoms with Gasteiger partial charge in [0.15, 0.2) is 0 Å². The SMILES string of the molecule is Cc1csc2ccc(CC#N)cc12. The zero-order valence-electron chi connectivity index (χ0n) is 7.37. The Bertz CT molecular complexity index is 476. The Balaban J connectivity index is 2.60. The minimum Gasteiger partial charge on any atom is -0.198 e. The van der Waals surface area contributed by atoms with Crippen LogP contribution in [0.4, 0.5) is 0 Å². The molecule has 64 valence electrons. The van der Waals surface area contributed by atoms with Gasteiger partial charge in [-0.2, -0.15) is 5.26 Å². The van der Waals surface area contributed by atoms with Crippen LogP contribution in [0.2, 0.25) is 0 Å². The Morgan fingerprint density at radius 1 is 1.46 bits per heavy atom. The fourth-order valence-electron chi connectivity index (χ4n) is 1.40. The van der Waals surface area contributed by atoms with Crippen molar-refractivity contribution in [2.24, 2.45) is 0 Å². The lowest BCUT2D eigenvalue weighted by atomic mass is 10.1. The van der Waals surface area contributed by atoms with Crippen LogP contribution in [0.25, 0.3) is 10.1 Å². The summed E-state index contributed by atoms with van der Waals surface area (Å²) >= 11 is 1.76. The van der Waals surface area contributed by atoms with E-state index in [4.69, 9.17) is 5.26 Å². The van der Waals surface area contributed by atoms with Crippen molar-refractivity contribution < 1.29 is 0 Å². The molecule has 0 atom stereocenters. The maximum absolute atomic E-state index is 8.56. The Morgan fingerprint density at radius 3 is 3.08 bits per heavy atom. The molecule has 13 heavy (non-hydrogen) atoms. The normalized spacial score (nSPS) is 10.2. The van der Waals surface area contributed by atoms with Gasteiger partial charge in [0.05, 0.1) is 12.5 Å². The van der Waals surface area contributed by atoms with Crippen molar-refractivity contribution in [2.75, 3.05) is 0 Å². The largest absolute Gasteiger partial charge is 0.198 e. The molecule has 0 aliphatic carbocycles. The third-order valence-electron chi connectivity index (χ3n) is 2.11. The van der Waals surface area contributed by atoms with E-state index in [9.17, 15) is 0 Å². The number of fused-ring (bicyclic) bond motifs is 1. The smallest absolute Gasteiger partial charge is 0.0669 e. The standard InChI is InChI=1S/C11H9NS/c1-8-7-13-11-3-2-9(4-5-12)6-10(8)11/h2-3,6-7H,4H2,1H3. The average Bonchev–Trinajstić information content (AvgIpc) is 2.49. The van der Waals surface area contributed by atoms with E-state index in [1.54, 1.807) is 11.3 Å². The highest BCUT2D eigenvalue weighted by Gasteiger charge is 2.00. The Morgan fingerprint density at radius 2 is 2.31 bits per heavy atom. The third-order valence-corrected chi connectivity index (χ3v) is 3.20. The molecule has 1 nitrogen and oxygen atoms in total. The molecular formula is C11H9NS. The topological polar surface area (TPSA) is 23.8 Å². The summed E-state index contributed by atoms with van der Waals surface area (Å²) in [5, 5.41) is 12.0. The van der Waals surface area contributed by atoms with Gasteiger partial charge in [-0.3, -0.25) is 0 Å². The van der Waals surface area contributed by atoms with E-state index in [0.717, 1.165) is 5.56 Å². The van der Waals surface area contributed by atoms with E-state index in [0.29, 0.717) is 6.42 Å². The van der Waals surface area contributed by atoms with Gasteiger partial charge in [0, 0.05) is 4.70 Å². The number of hydrogen-bond donors (Lipinski definition) is 0. The molecule has 0 aliphatic rings. The predicted molar refractivity (Wildman–Crippen MR) is 55.9 cm³/mol. The van der Waals surface area contributed by atoms with Crippen molar-refractivity contribution in [1.29, 1.82) is 5.26 Å². The van der Waals surface area contributed by atoms with Gasteiger partial charge in [-0.15, -0.1) is 11.3 Å². The summed E-state index contributed by atoms with van der Waals surface area (Å²) in [6.45, 7) is 2.11. The van der Waals surface area contributed by atoms with E-state index in [-0.39, 0.29) is 0 Å². The quantitative estimate of drug-likeness (QED) is 0.672. The highest BCUT2D eigenvalue weighted by Crippen LogP contribution is 2.26. The van der Waals surface area contributed by atoms with Crippen LogP contribution in [-0.4, -0.2) is 0 Å². The minimum atomic E-state index is 0.505. The van der Waals surface area contributed by atoms with Gasteiger partial charge in [0.1, 0.15) is 0 Å². The fourth-order valence-corrected chi connectivity index (χ4v) is 2.33. The molecule has 0 radical (unpaired) electrons. The molecule has 0 unspecified atom stereocenters. The van der Waals surface area contributed by atoms with Crippen LogP contribution >= 0.6 is 11.3 Å². The summed E-state index contributed by atoms with van der Waals surface area (Å²) in [4.78, 5) is 0. The lowest BCUT2D eigenvalue weighted by Crippen LogP contribution is -1.79. The summed E-state index contributed by atoms with van der Waals surface area (Å²) in [6.07, 6.45) is 0.505. The van der Waals surface area contributed by atoms with Crippen LogP contribution in [0.15, 0.2) is 23.6 Å². The van der Waals surface area contributed by atoms with Crippen LogP contribution in [0.3, 0.4) is 0 Å². The summed E-state index contributed by atoms with van der Waals surface area (Å²) in [5.41, 5.74) is 2.41. The summed E-state index contributed by atoms with van der Waals surface area (Å²) < 4.78 is 1.30. The Labute approximate surface area is 81.2 Å². The lowest BCUT2D eigenvalue weighted by molar-refractivity contribution is 1.27. The first kappa shape index (κ1) is 8.28. The number of rotatable bonds is 1. The zero-order valence-corrected chi connectivity index (χ0v) is 8.19. The molecule has 2 rings (SSSR count). The molecule has 0 spiro atoms. The molecule has 0 saturated heterocycles. The molecule has 0 bridgehead atoms. The van der Waals surface area contributed by atoms with Crippen LogP contribution < -0.4 is 0 Å². The van der Waals surface area contributed by atoms with Gasteiger partial charge in [-0.1, -0.05) is 6.07 Å². The fraction of sp³-hybridized carbons (Fsp3) is 0.182. The first-order valence-corrected chi connectivity index (χ1v) is 5.03. The van der Waals surface area contributed by atoms with E-state index in [1.165, 1.54) is 15.6 Å². The zero-order chi connectivity index (χ0) is 9.26. The Hall–Kier alpha value is -1.33. The number of thiophene rings is 1. The lowest BCUT2D eigenvalue weighted by Gasteiger charge is -1.95. The van der Waals surface area contributed by atoms with Crippen LogP contribution in [0.5, 0.6) is 0 Å². The van der Waals surface area contributed by atoms with Gasteiger partial charge >= 0.3 is 0 Å². The molecule has 0 saturated carbocycles. The van der Waals surface area contributed by atoms with Gasteiger partial charge in [-0.25, -0.2) is 0 Å². The molecule has 1 aromatic carbocycles. The van der Waals surface area contributed by atoms with Crippen molar-refractivity contribution in [2.45, 2.75) is 13.3 Å². The van der Waals surface area contributed by atoms with Gasteiger partial charge < -0.3 is 0 Å². The molecule has 0 aliphatic heterocycles. The molecular weight excluding hydrogens is 178 g/mol. The average molecular weight is 187 g/mol. The molecule has 0 amide bonds. The first-order chi connectivity index (χ1) is 6.31. The molecule has 0 fully saturated rings. The van der Waals surface area contributed by atoms with Gasteiger partial charge in [-0.05, 0) is 40.9 Å². The van der Waals surface area contributed by atoms with E-state index >= 15 is 0 Å². The molecule has 1 aromatic heterocycles. The summed E-state index contributed by atoms with van der Waals surface area (Å²) in [5.74, 6) is 0. The van der Waals surface area contributed by atoms with Gasteiger partial charge in [0.25, 0.3) is 0 Å².